The van der Waals surface area contributed by atoms with E-state index in [2.05, 4.69) is 15.2 Å². The third kappa shape index (κ3) is 3.83. The second kappa shape index (κ2) is 6.78. The average Bonchev–Trinajstić information content (AvgIpc) is 2.67. The van der Waals surface area contributed by atoms with E-state index in [0.29, 0.717) is 13.0 Å². The molecule has 3 nitrogen and oxygen atoms in total. The summed E-state index contributed by atoms with van der Waals surface area (Å²) in [5.74, 6) is 0.780. The van der Waals surface area contributed by atoms with Crippen LogP contribution >= 0.6 is 24.0 Å². The van der Waals surface area contributed by atoms with Gasteiger partial charge in [-0.3, -0.25) is 4.99 Å². The van der Waals surface area contributed by atoms with Crippen LogP contribution in [-0.2, 0) is 6.42 Å². The maximum atomic E-state index is 13.3. The third-order valence-electron chi connectivity index (χ3n) is 2.69. The molecule has 1 N–H and O–H groups in total. The van der Waals surface area contributed by atoms with Gasteiger partial charge in [-0.2, -0.15) is 0 Å². The summed E-state index contributed by atoms with van der Waals surface area (Å²) in [5.41, 5.74) is 0.747. The molecule has 2 rings (SSSR count). The fourth-order valence-corrected chi connectivity index (χ4v) is 1.73. The van der Waals surface area contributed by atoms with Gasteiger partial charge >= 0.3 is 0 Å². The summed E-state index contributed by atoms with van der Waals surface area (Å²) < 4.78 is 13.3. The largest absolute Gasteiger partial charge is 0.356 e. The molecule has 5 heteroatoms. The molecule has 0 saturated heterocycles. The van der Waals surface area contributed by atoms with Crippen LogP contribution in [0, 0.1) is 5.82 Å². The zero-order valence-corrected chi connectivity index (χ0v) is 12.1. The average molecular weight is 349 g/mol. The molecule has 0 saturated carbocycles. The second-order valence-corrected chi connectivity index (χ2v) is 3.90. The number of nitrogens with zero attached hydrogens (tertiary/aromatic N) is 2. The van der Waals surface area contributed by atoms with Crippen LogP contribution in [0.4, 0.5) is 4.39 Å². The lowest BCUT2D eigenvalue weighted by molar-refractivity contribution is 0.533. The van der Waals surface area contributed by atoms with Crippen molar-refractivity contribution in [2.75, 3.05) is 26.7 Å². The normalized spacial score (nSPS) is 14.2. The molecule has 0 bridgehead atoms. The van der Waals surface area contributed by atoms with Crippen LogP contribution in [0.15, 0.2) is 29.3 Å². The summed E-state index contributed by atoms with van der Waals surface area (Å²) in [5, 5.41) is 3.22. The number of likely N-dealkylation sites (N-methyl/N-ethyl adjacent to an activating group) is 1. The van der Waals surface area contributed by atoms with Crippen LogP contribution in [0.3, 0.4) is 0 Å². The molecular formula is C12H17FIN3. The topological polar surface area (TPSA) is 27.6 Å². The van der Waals surface area contributed by atoms with Crippen LogP contribution in [-0.4, -0.2) is 37.5 Å². The van der Waals surface area contributed by atoms with Crippen LogP contribution in [0.2, 0.25) is 0 Å². The van der Waals surface area contributed by atoms with Crippen LogP contribution in [0.1, 0.15) is 5.56 Å². The Morgan fingerprint density at radius 2 is 2.18 bits per heavy atom. The van der Waals surface area contributed by atoms with E-state index in [0.717, 1.165) is 24.6 Å². The number of benzene rings is 1. The fourth-order valence-electron chi connectivity index (χ4n) is 1.73. The molecule has 0 unspecified atom stereocenters. The molecule has 0 aromatic heterocycles. The molecule has 0 aliphatic carbocycles. The van der Waals surface area contributed by atoms with Gasteiger partial charge in [0.2, 0.25) is 0 Å². The van der Waals surface area contributed by atoms with Crippen molar-refractivity contribution in [3.8, 4) is 0 Å². The number of rotatable bonds is 3. The molecule has 94 valence electrons. The SMILES string of the molecule is CN1CCN=C1NCCc1ccccc1F.I. The first-order chi connectivity index (χ1) is 7.77. The highest BCUT2D eigenvalue weighted by molar-refractivity contribution is 14.0. The van der Waals surface area contributed by atoms with Crippen molar-refractivity contribution in [2.24, 2.45) is 4.99 Å². The van der Waals surface area contributed by atoms with E-state index in [1.165, 1.54) is 6.07 Å². The van der Waals surface area contributed by atoms with E-state index in [1.54, 1.807) is 6.07 Å². The summed E-state index contributed by atoms with van der Waals surface area (Å²) in [6, 6.07) is 6.88. The first-order valence-electron chi connectivity index (χ1n) is 5.50. The smallest absolute Gasteiger partial charge is 0.193 e. The Bertz CT molecular complexity index is 395. The molecule has 17 heavy (non-hydrogen) atoms. The molecule has 1 aromatic rings. The van der Waals surface area contributed by atoms with Gasteiger partial charge in [-0.1, -0.05) is 18.2 Å². The predicted molar refractivity (Wildman–Crippen MR) is 78.5 cm³/mol. The number of halogens is 2. The van der Waals surface area contributed by atoms with Gasteiger partial charge in [-0.05, 0) is 18.1 Å². The second-order valence-electron chi connectivity index (χ2n) is 3.90. The summed E-state index contributed by atoms with van der Waals surface area (Å²) >= 11 is 0. The molecule has 0 fully saturated rings. The van der Waals surface area contributed by atoms with Gasteiger partial charge < -0.3 is 10.2 Å². The van der Waals surface area contributed by atoms with Crippen LogP contribution in [0.25, 0.3) is 0 Å². The summed E-state index contributed by atoms with van der Waals surface area (Å²) in [7, 11) is 2.00. The number of aliphatic imine (C=N–C) groups is 1. The highest BCUT2D eigenvalue weighted by atomic mass is 127. The van der Waals surface area contributed by atoms with Crippen molar-refractivity contribution >= 4 is 29.9 Å². The van der Waals surface area contributed by atoms with Crippen molar-refractivity contribution in [2.45, 2.75) is 6.42 Å². The Labute approximate surface area is 118 Å². The van der Waals surface area contributed by atoms with Crippen molar-refractivity contribution in [1.29, 1.82) is 0 Å². The van der Waals surface area contributed by atoms with E-state index >= 15 is 0 Å². The Kier molecular flexibility index (Phi) is 5.67. The maximum absolute atomic E-state index is 13.3. The Balaban J connectivity index is 0.00000144. The number of hydrogen-bond donors (Lipinski definition) is 1. The van der Waals surface area contributed by atoms with E-state index in [9.17, 15) is 4.39 Å². The number of hydrogen-bond acceptors (Lipinski definition) is 3. The molecule has 1 aliphatic heterocycles. The van der Waals surface area contributed by atoms with Crippen molar-refractivity contribution < 1.29 is 4.39 Å². The maximum Gasteiger partial charge on any atom is 0.193 e. The van der Waals surface area contributed by atoms with E-state index in [4.69, 9.17) is 0 Å². The first-order valence-corrected chi connectivity index (χ1v) is 5.50. The molecule has 1 aromatic carbocycles. The van der Waals surface area contributed by atoms with Gasteiger partial charge in [0.15, 0.2) is 5.96 Å². The first kappa shape index (κ1) is 14.2. The lowest BCUT2D eigenvalue weighted by Gasteiger charge is -2.15. The van der Waals surface area contributed by atoms with Crippen molar-refractivity contribution in [3.63, 3.8) is 0 Å². The molecule has 0 amide bonds. The molecular weight excluding hydrogens is 332 g/mol. The summed E-state index contributed by atoms with van der Waals surface area (Å²) in [4.78, 5) is 6.38. The predicted octanol–water partition coefficient (Wildman–Crippen LogP) is 1.88. The van der Waals surface area contributed by atoms with Crippen molar-refractivity contribution in [3.05, 3.63) is 35.6 Å². The Morgan fingerprint density at radius 1 is 1.41 bits per heavy atom. The summed E-state index contributed by atoms with van der Waals surface area (Å²) in [6.45, 7) is 2.52. The standard InChI is InChI=1S/C12H16FN3.HI/c1-16-9-8-15-12(16)14-7-6-10-4-2-3-5-11(10)13;/h2-5H,6-9H2,1H3,(H,14,15);1H. The number of guanidine groups is 1. The lowest BCUT2D eigenvalue weighted by Crippen LogP contribution is -2.36. The quantitative estimate of drug-likeness (QED) is 0.844. The molecule has 0 atom stereocenters. The summed E-state index contributed by atoms with van der Waals surface area (Å²) in [6.07, 6.45) is 0.680. The zero-order chi connectivity index (χ0) is 11.4. The monoisotopic (exact) mass is 349 g/mol. The van der Waals surface area contributed by atoms with Crippen LogP contribution in [0.5, 0.6) is 0 Å². The molecule has 0 spiro atoms. The highest BCUT2D eigenvalue weighted by Crippen LogP contribution is 2.06. The molecule has 1 aliphatic rings. The van der Waals surface area contributed by atoms with Gasteiger partial charge in [0.05, 0.1) is 6.54 Å². The zero-order valence-electron chi connectivity index (χ0n) is 9.82. The minimum atomic E-state index is -0.133. The van der Waals surface area contributed by atoms with E-state index in [1.807, 2.05) is 19.2 Å². The Morgan fingerprint density at radius 3 is 2.82 bits per heavy atom. The minimum Gasteiger partial charge on any atom is -0.356 e. The van der Waals surface area contributed by atoms with Gasteiger partial charge in [0.1, 0.15) is 5.82 Å². The molecule has 1 heterocycles. The lowest BCUT2D eigenvalue weighted by atomic mass is 10.1. The van der Waals surface area contributed by atoms with E-state index < -0.39 is 0 Å². The van der Waals surface area contributed by atoms with Crippen LogP contribution < -0.4 is 5.32 Å². The van der Waals surface area contributed by atoms with Gasteiger partial charge in [0, 0.05) is 20.1 Å². The van der Waals surface area contributed by atoms with Gasteiger partial charge in [-0.25, -0.2) is 4.39 Å². The third-order valence-corrected chi connectivity index (χ3v) is 2.69. The van der Waals surface area contributed by atoms with E-state index in [-0.39, 0.29) is 29.8 Å². The minimum absolute atomic E-state index is 0. The number of nitrogens with one attached hydrogen (secondary N) is 1. The van der Waals surface area contributed by atoms with Gasteiger partial charge in [-0.15, -0.1) is 24.0 Å². The fraction of sp³-hybridized carbons (Fsp3) is 0.417. The molecule has 0 radical (unpaired) electrons. The Hall–Kier alpha value is -0.850. The highest BCUT2D eigenvalue weighted by Gasteiger charge is 2.11. The van der Waals surface area contributed by atoms with Gasteiger partial charge in [0.25, 0.3) is 0 Å². The van der Waals surface area contributed by atoms with Crippen molar-refractivity contribution in [1.82, 2.24) is 10.2 Å².